The molecule has 3 aromatic carbocycles. The lowest BCUT2D eigenvalue weighted by Gasteiger charge is -2.25. The Hall–Kier alpha value is -2.81. The van der Waals surface area contributed by atoms with Gasteiger partial charge in [0.1, 0.15) is 0 Å². The number of aryl methyl sites for hydroxylation is 1. The van der Waals surface area contributed by atoms with Gasteiger partial charge in [-0.3, -0.25) is 4.79 Å². The molecule has 1 aromatic heterocycles. The topological polar surface area (TPSA) is 71.7 Å². The van der Waals surface area contributed by atoms with Crippen molar-refractivity contribution in [1.82, 2.24) is 8.87 Å². The van der Waals surface area contributed by atoms with E-state index in [4.69, 9.17) is 0 Å². The number of rotatable bonds is 3. The lowest BCUT2D eigenvalue weighted by atomic mass is 10.1. The highest BCUT2D eigenvalue weighted by Crippen LogP contribution is 2.27. The Kier molecular flexibility index (Phi) is 5.44. The Balaban J connectivity index is 1.48. The quantitative estimate of drug-likeness (QED) is 0.453. The fraction of sp³-hybridized carbons (Fsp3) is 0.250. The summed E-state index contributed by atoms with van der Waals surface area (Å²) in [6.45, 7) is 1.10. The van der Waals surface area contributed by atoms with Crippen LogP contribution in [-0.4, -0.2) is 36.3 Å². The number of carbonyl (C=O) groups excluding carboxylic acids is 1. The number of piperidine rings is 1. The van der Waals surface area contributed by atoms with Crippen LogP contribution in [0.1, 0.15) is 29.6 Å². The van der Waals surface area contributed by atoms with E-state index < -0.39 is 15.9 Å². The number of sulfonamides is 1. The van der Waals surface area contributed by atoms with Gasteiger partial charge in [-0.1, -0.05) is 48.1 Å². The molecule has 32 heavy (non-hydrogen) atoms. The van der Waals surface area contributed by atoms with Crippen molar-refractivity contribution >= 4 is 48.3 Å². The minimum Gasteiger partial charge on any atom is -0.319 e. The van der Waals surface area contributed by atoms with Crippen molar-refractivity contribution in [3.8, 4) is 0 Å². The van der Waals surface area contributed by atoms with E-state index in [0.29, 0.717) is 23.5 Å². The number of benzene rings is 3. The largest absolute Gasteiger partial charge is 0.319 e. The summed E-state index contributed by atoms with van der Waals surface area (Å²) in [5.41, 5.74) is 1.38. The Labute approximate surface area is 190 Å². The minimum absolute atomic E-state index is 0.217. The molecule has 0 unspecified atom stereocenters. The number of amides is 1. The molecule has 1 aliphatic heterocycles. The average molecular weight is 466 g/mol. The van der Waals surface area contributed by atoms with Crippen LogP contribution in [0.2, 0.25) is 0 Å². The maximum absolute atomic E-state index is 12.8. The van der Waals surface area contributed by atoms with Crippen LogP contribution < -0.4 is 4.80 Å². The summed E-state index contributed by atoms with van der Waals surface area (Å²) in [5, 5.41) is 2.28. The first-order valence-electron chi connectivity index (χ1n) is 10.6. The van der Waals surface area contributed by atoms with E-state index in [-0.39, 0.29) is 4.90 Å². The fourth-order valence-corrected chi connectivity index (χ4v) is 6.81. The van der Waals surface area contributed by atoms with Gasteiger partial charge in [0.2, 0.25) is 10.0 Å². The Morgan fingerprint density at radius 3 is 2.41 bits per heavy atom. The predicted octanol–water partition coefficient (Wildman–Crippen LogP) is 4.31. The number of thiazole rings is 1. The third kappa shape index (κ3) is 3.68. The van der Waals surface area contributed by atoms with Gasteiger partial charge in [0.25, 0.3) is 5.91 Å². The molecule has 4 aromatic rings. The number of carbonyl (C=O) groups is 1. The molecule has 2 heterocycles. The molecule has 1 aliphatic rings. The molecule has 5 rings (SSSR count). The van der Waals surface area contributed by atoms with E-state index in [1.54, 1.807) is 12.1 Å². The molecule has 0 bridgehead atoms. The van der Waals surface area contributed by atoms with Crippen LogP contribution in [0.4, 0.5) is 0 Å². The molecule has 6 nitrogen and oxygen atoms in total. The van der Waals surface area contributed by atoms with Crippen molar-refractivity contribution < 1.29 is 13.2 Å². The number of hydrogen-bond acceptors (Lipinski definition) is 4. The van der Waals surface area contributed by atoms with Crippen molar-refractivity contribution in [3.63, 3.8) is 0 Å². The minimum atomic E-state index is -3.52. The highest BCUT2D eigenvalue weighted by molar-refractivity contribution is 7.89. The number of fused-ring (bicyclic) bond motifs is 3. The van der Waals surface area contributed by atoms with Crippen LogP contribution in [0.15, 0.2) is 70.6 Å². The van der Waals surface area contributed by atoms with Gasteiger partial charge in [-0.25, -0.2) is 8.42 Å². The van der Waals surface area contributed by atoms with E-state index in [1.807, 2.05) is 29.8 Å². The zero-order valence-electron chi connectivity index (χ0n) is 17.7. The lowest BCUT2D eigenvalue weighted by molar-refractivity contribution is 0.0998. The molecule has 1 saturated heterocycles. The van der Waals surface area contributed by atoms with Gasteiger partial charge in [-0.2, -0.15) is 9.30 Å². The number of hydrogen-bond donors (Lipinski definition) is 0. The molecule has 164 valence electrons. The van der Waals surface area contributed by atoms with Crippen LogP contribution in [0.25, 0.3) is 21.0 Å². The molecule has 0 atom stereocenters. The van der Waals surface area contributed by atoms with Crippen molar-refractivity contribution in [1.29, 1.82) is 0 Å². The van der Waals surface area contributed by atoms with Crippen LogP contribution in [-0.2, 0) is 17.1 Å². The van der Waals surface area contributed by atoms with E-state index in [0.717, 1.165) is 40.3 Å². The average Bonchev–Trinajstić information content (AvgIpc) is 3.15. The third-order valence-corrected chi connectivity index (χ3v) is 9.05. The molecule has 0 radical (unpaired) electrons. The second kappa shape index (κ2) is 8.27. The van der Waals surface area contributed by atoms with E-state index >= 15 is 0 Å². The molecule has 1 fully saturated rings. The summed E-state index contributed by atoms with van der Waals surface area (Å²) in [6.07, 6.45) is 2.83. The van der Waals surface area contributed by atoms with E-state index in [2.05, 4.69) is 23.2 Å². The lowest BCUT2D eigenvalue weighted by Crippen LogP contribution is -2.35. The van der Waals surface area contributed by atoms with Crippen LogP contribution >= 0.6 is 11.3 Å². The van der Waals surface area contributed by atoms with Crippen molar-refractivity contribution in [2.75, 3.05) is 13.1 Å². The standard InChI is InChI=1S/C24H23N3O3S2/c1-26-21-14-11-17-7-3-4-8-20(17)22(21)31-24(26)25-23(28)18-9-12-19(13-10-18)32(29,30)27-15-5-2-6-16-27/h3-4,7-14H,2,5-6,15-16H2,1H3. The molecular weight excluding hydrogens is 442 g/mol. The van der Waals surface area contributed by atoms with E-state index in [1.165, 1.54) is 27.8 Å². The van der Waals surface area contributed by atoms with Gasteiger partial charge in [-0.15, -0.1) is 0 Å². The zero-order valence-corrected chi connectivity index (χ0v) is 19.3. The van der Waals surface area contributed by atoms with Gasteiger partial charge in [-0.05, 0) is 48.6 Å². The smallest absolute Gasteiger partial charge is 0.279 e. The van der Waals surface area contributed by atoms with Gasteiger partial charge < -0.3 is 4.57 Å². The number of aromatic nitrogens is 1. The highest BCUT2D eigenvalue weighted by Gasteiger charge is 2.26. The summed E-state index contributed by atoms with van der Waals surface area (Å²) in [7, 11) is -1.62. The molecular formula is C24H23N3O3S2. The predicted molar refractivity (Wildman–Crippen MR) is 127 cm³/mol. The molecule has 0 spiro atoms. The molecule has 0 saturated carbocycles. The summed E-state index contributed by atoms with van der Waals surface area (Å²) in [4.78, 5) is 18.0. The molecule has 1 amide bonds. The summed E-state index contributed by atoms with van der Waals surface area (Å²) >= 11 is 1.48. The molecule has 0 aliphatic carbocycles. The summed E-state index contributed by atoms with van der Waals surface area (Å²) < 4.78 is 30.2. The SMILES string of the molecule is Cn1c(=NC(=O)c2ccc(S(=O)(=O)N3CCCCC3)cc2)sc2c3ccccc3ccc21. The first-order valence-corrected chi connectivity index (χ1v) is 12.9. The van der Waals surface area contributed by atoms with Crippen molar-refractivity contribution in [2.45, 2.75) is 24.2 Å². The maximum Gasteiger partial charge on any atom is 0.279 e. The van der Waals surface area contributed by atoms with Crippen LogP contribution in [0.5, 0.6) is 0 Å². The monoisotopic (exact) mass is 465 g/mol. The van der Waals surface area contributed by atoms with Crippen molar-refractivity contribution in [2.24, 2.45) is 12.0 Å². The normalized spacial score (nSPS) is 16.1. The molecule has 0 N–H and O–H groups in total. The number of nitrogens with zero attached hydrogens (tertiary/aromatic N) is 3. The van der Waals surface area contributed by atoms with Crippen LogP contribution in [0, 0.1) is 0 Å². The first-order chi connectivity index (χ1) is 15.4. The Bertz CT molecular complexity index is 1490. The Morgan fingerprint density at radius 1 is 0.938 bits per heavy atom. The Morgan fingerprint density at radius 2 is 1.66 bits per heavy atom. The summed E-state index contributed by atoms with van der Waals surface area (Å²) in [6, 6.07) is 18.4. The van der Waals surface area contributed by atoms with E-state index in [9.17, 15) is 13.2 Å². The second-order valence-corrected chi connectivity index (χ2v) is 10.9. The first kappa shape index (κ1) is 21.1. The van der Waals surface area contributed by atoms with Crippen LogP contribution in [0.3, 0.4) is 0 Å². The maximum atomic E-state index is 12.8. The third-order valence-electron chi connectivity index (χ3n) is 5.95. The van der Waals surface area contributed by atoms with Crippen molar-refractivity contribution in [3.05, 3.63) is 71.0 Å². The van der Waals surface area contributed by atoms with Gasteiger partial charge in [0.05, 0.1) is 15.1 Å². The second-order valence-electron chi connectivity index (χ2n) is 7.98. The highest BCUT2D eigenvalue weighted by atomic mass is 32.2. The summed E-state index contributed by atoms with van der Waals surface area (Å²) in [5.74, 6) is -0.390. The fourth-order valence-electron chi connectivity index (χ4n) is 4.14. The molecule has 8 heteroatoms. The van der Waals surface area contributed by atoms with Gasteiger partial charge in [0, 0.05) is 31.1 Å². The van der Waals surface area contributed by atoms with Gasteiger partial charge in [0.15, 0.2) is 4.80 Å². The zero-order chi connectivity index (χ0) is 22.3. The van der Waals surface area contributed by atoms with Gasteiger partial charge >= 0.3 is 0 Å².